The molecule has 1 amide bonds. The minimum Gasteiger partial charge on any atom is -0.475 e. The van der Waals surface area contributed by atoms with Crippen molar-refractivity contribution in [2.45, 2.75) is 12.6 Å². The molecule has 5 N–H and O–H groups in total. The lowest BCUT2D eigenvalue weighted by atomic mass is 10.1. The standard InChI is InChI=1S/C25H21F2N7O.C2HF3O2/c1-34-13-17(12-31-34)16-9-18(23(28)30-11-16)24-32-21-5-2-14(8-22(21)33-24)6-7-29-25(35)15-3-4-19(26)20(27)10-15;3-2(4,5)1(6)7/h2-5,8-13H,6-7H2,1H3,(H2,28,30)(H,29,35)(H,32,33);(H,6,7). The van der Waals surface area contributed by atoms with Gasteiger partial charge in [-0.15, -0.1) is 0 Å². The topological polar surface area (TPSA) is 152 Å². The number of rotatable bonds is 6. The molecule has 0 fully saturated rings. The molecule has 218 valence electrons. The predicted molar refractivity (Wildman–Crippen MR) is 142 cm³/mol. The summed E-state index contributed by atoms with van der Waals surface area (Å²) < 4.78 is 59.9. The van der Waals surface area contributed by atoms with Crippen LogP contribution in [0.2, 0.25) is 0 Å². The number of nitrogens with one attached hydrogen (secondary N) is 2. The molecule has 42 heavy (non-hydrogen) atoms. The number of nitrogens with zero attached hydrogens (tertiary/aromatic N) is 4. The Labute approximate surface area is 234 Å². The van der Waals surface area contributed by atoms with E-state index in [1.54, 1.807) is 17.1 Å². The third-order valence-corrected chi connectivity index (χ3v) is 5.88. The third-order valence-electron chi connectivity index (χ3n) is 5.88. The van der Waals surface area contributed by atoms with Gasteiger partial charge in [-0.25, -0.2) is 23.5 Å². The number of hydrogen-bond acceptors (Lipinski definition) is 6. The summed E-state index contributed by atoms with van der Waals surface area (Å²) in [6, 6.07) is 10.7. The van der Waals surface area contributed by atoms with E-state index in [1.807, 2.05) is 37.5 Å². The van der Waals surface area contributed by atoms with Crippen LogP contribution in [0.5, 0.6) is 0 Å². The summed E-state index contributed by atoms with van der Waals surface area (Å²) in [5.74, 6) is -4.32. The average molecular weight is 588 g/mol. The summed E-state index contributed by atoms with van der Waals surface area (Å²) in [5.41, 5.74) is 11.2. The fourth-order valence-electron chi connectivity index (χ4n) is 3.79. The van der Waals surface area contributed by atoms with Crippen LogP contribution in [-0.4, -0.2) is 54.4 Å². The van der Waals surface area contributed by atoms with Crippen molar-refractivity contribution in [3.05, 3.63) is 83.8 Å². The van der Waals surface area contributed by atoms with Crippen LogP contribution in [0.25, 0.3) is 33.5 Å². The molecule has 0 saturated heterocycles. The molecule has 3 heterocycles. The Morgan fingerprint density at radius 1 is 1.05 bits per heavy atom. The number of benzene rings is 2. The van der Waals surface area contributed by atoms with Gasteiger partial charge in [-0.3, -0.25) is 9.48 Å². The first-order chi connectivity index (χ1) is 19.8. The van der Waals surface area contributed by atoms with Crippen LogP contribution < -0.4 is 11.1 Å². The molecule has 0 saturated carbocycles. The van der Waals surface area contributed by atoms with Crippen LogP contribution in [0.15, 0.2) is 61.1 Å². The average Bonchev–Trinajstić information content (AvgIpc) is 3.56. The van der Waals surface area contributed by atoms with Gasteiger partial charge in [0.1, 0.15) is 11.6 Å². The van der Waals surface area contributed by atoms with E-state index in [4.69, 9.17) is 15.6 Å². The zero-order valence-electron chi connectivity index (χ0n) is 21.7. The van der Waals surface area contributed by atoms with Gasteiger partial charge in [0.15, 0.2) is 11.6 Å². The van der Waals surface area contributed by atoms with Gasteiger partial charge >= 0.3 is 12.1 Å². The molecule has 0 aliphatic carbocycles. The van der Waals surface area contributed by atoms with Crippen LogP contribution >= 0.6 is 0 Å². The maximum Gasteiger partial charge on any atom is 0.490 e. The Morgan fingerprint density at radius 3 is 2.43 bits per heavy atom. The zero-order valence-corrected chi connectivity index (χ0v) is 21.7. The quantitative estimate of drug-likeness (QED) is 0.214. The molecule has 2 aromatic carbocycles. The van der Waals surface area contributed by atoms with Gasteiger partial charge in [0.05, 0.1) is 22.8 Å². The number of hydrogen-bond donors (Lipinski definition) is 4. The summed E-state index contributed by atoms with van der Waals surface area (Å²) in [5, 5.41) is 14.0. The number of halogens is 5. The highest BCUT2D eigenvalue weighted by Crippen LogP contribution is 2.29. The number of anilines is 1. The summed E-state index contributed by atoms with van der Waals surface area (Å²) in [7, 11) is 1.85. The minimum atomic E-state index is -5.08. The molecule has 0 aliphatic rings. The van der Waals surface area contributed by atoms with E-state index in [0.29, 0.717) is 30.2 Å². The zero-order chi connectivity index (χ0) is 30.6. The Morgan fingerprint density at radius 2 is 1.79 bits per heavy atom. The second-order valence-corrected chi connectivity index (χ2v) is 8.93. The molecule has 0 atom stereocenters. The van der Waals surface area contributed by atoms with Crippen molar-refractivity contribution in [1.82, 2.24) is 30.0 Å². The van der Waals surface area contributed by atoms with Crippen LogP contribution in [0.1, 0.15) is 15.9 Å². The van der Waals surface area contributed by atoms with Gasteiger partial charge in [-0.05, 0) is 48.4 Å². The van der Waals surface area contributed by atoms with Gasteiger partial charge in [-0.2, -0.15) is 18.3 Å². The predicted octanol–water partition coefficient (Wildman–Crippen LogP) is 4.49. The van der Waals surface area contributed by atoms with Gasteiger partial charge in [0.25, 0.3) is 5.91 Å². The van der Waals surface area contributed by atoms with Gasteiger partial charge < -0.3 is 21.1 Å². The summed E-state index contributed by atoms with van der Waals surface area (Å²) in [4.78, 5) is 33.4. The fraction of sp³-hybridized carbons (Fsp3) is 0.148. The van der Waals surface area contributed by atoms with Crippen LogP contribution in [0.4, 0.5) is 27.8 Å². The molecule has 5 rings (SSSR count). The molecule has 5 aromatic rings. The molecule has 0 aliphatic heterocycles. The number of pyridine rings is 1. The Balaban J connectivity index is 0.000000517. The summed E-state index contributed by atoms with van der Waals surface area (Å²) in [6.07, 6.45) is 0.811. The van der Waals surface area contributed by atoms with E-state index >= 15 is 0 Å². The van der Waals surface area contributed by atoms with Crippen molar-refractivity contribution in [3.8, 4) is 22.5 Å². The number of amides is 1. The molecule has 15 heteroatoms. The molecule has 0 radical (unpaired) electrons. The fourth-order valence-corrected chi connectivity index (χ4v) is 3.79. The molecule has 0 spiro atoms. The minimum absolute atomic E-state index is 0.0669. The summed E-state index contributed by atoms with van der Waals surface area (Å²) >= 11 is 0. The number of fused-ring (bicyclic) bond motifs is 1. The largest absolute Gasteiger partial charge is 0.490 e. The molecule has 10 nitrogen and oxygen atoms in total. The van der Waals surface area contributed by atoms with Crippen molar-refractivity contribution >= 4 is 28.7 Å². The maximum atomic E-state index is 13.4. The second-order valence-electron chi connectivity index (χ2n) is 8.93. The maximum absolute atomic E-state index is 13.4. The molecule has 3 aromatic heterocycles. The lowest BCUT2D eigenvalue weighted by Crippen LogP contribution is -2.25. The van der Waals surface area contributed by atoms with Crippen LogP contribution in [-0.2, 0) is 18.3 Å². The number of carbonyl (C=O) groups excluding carboxylic acids is 1. The highest BCUT2D eigenvalue weighted by molar-refractivity contribution is 5.94. The van der Waals surface area contributed by atoms with E-state index in [9.17, 15) is 26.7 Å². The lowest BCUT2D eigenvalue weighted by Gasteiger charge is -2.06. The van der Waals surface area contributed by atoms with Gasteiger partial charge in [0.2, 0.25) is 0 Å². The first-order valence-corrected chi connectivity index (χ1v) is 12.1. The SMILES string of the molecule is Cn1cc(-c2cnc(N)c(-c3nc4ccc(CCNC(=O)c5ccc(F)c(F)c5)cc4[nH]3)c2)cn1.O=C(O)C(F)(F)F. The number of carboxylic acid groups (broad SMARTS) is 1. The number of H-pyrrole nitrogens is 1. The van der Waals surface area contributed by atoms with E-state index in [1.165, 1.54) is 6.07 Å². The number of aryl methyl sites for hydroxylation is 1. The molecule has 0 unspecified atom stereocenters. The summed E-state index contributed by atoms with van der Waals surface area (Å²) in [6.45, 7) is 0.328. The first kappa shape index (κ1) is 29.6. The van der Waals surface area contributed by atoms with Crippen LogP contribution in [0.3, 0.4) is 0 Å². The molecule has 0 bridgehead atoms. The molecular formula is C27H22F5N7O3. The number of aromatic nitrogens is 5. The van der Waals surface area contributed by atoms with Crippen molar-refractivity contribution in [2.24, 2.45) is 7.05 Å². The van der Waals surface area contributed by atoms with E-state index < -0.39 is 29.7 Å². The van der Waals surface area contributed by atoms with Crippen molar-refractivity contribution in [2.75, 3.05) is 12.3 Å². The molecular weight excluding hydrogens is 565 g/mol. The van der Waals surface area contributed by atoms with Crippen molar-refractivity contribution in [1.29, 1.82) is 0 Å². The van der Waals surface area contributed by atoms with Gasteiger partial charge in [-0.1, -0.05) is 6.07 Å². The van der Waals surface area contributed by atoms with Crippen LogP contribution in [0, 0.1) is 11.6 Å². The van der Waals surface area contributed by atoms with E-state index in [0.717, 1.165) is 39.9 Å². The third kappa shape index (κ3) is 7.04. The highest BCUT2D eigenvalue weighted by Gasteiger charge is 2.38. The number of imidazole rings is 1. The number of carbonyl (C=O) groups is 2. The number of alkyl halides is 3. The number of aliphatic carboxylic acids is 1. The number of carboxylic acids is 1. The number of nitrogen functional groups attached to an aromatic ring is 1. The Hall–Kier alpha value is -5.34. The van der Waals surface area contributed by atoms with Crippen molar-refractivity contribution < 1.29 is 36.6 Å². The van der Waals surface area contributed by atoms with Gasteiger partial charge in [0, 0.05) is 42.7 Å². The number of aromatic amines is 1. The second kappa shape index (κ2) is 12.0. The van der Waals surface area contributed by atoms with Crippen molar-refractivity contribution in [3.63, 3.8) is 0 Å². The highest BCUT2D eigenvalue weighted by atomic mass is 19.4. The lowest BCUT2D eigenvalue weighted by molar-refractivity contribution is -0.192. The van der Waals surface area contributed by atoms with E-state index in [2.05, 4.69) is 25.4 Å². The monoisotopic (exact) mass is 587 g/mol. The first-order valence-electron chi connectivity index (χ1n) is 12.1. The normalized spacial score (nSPS) is 11.2. The Kier molecular flexibility index (Phi) is 8.49. The van der Waals surface area contributed by atoms with E-state index in [-0.39, 0.29) is 5.56 Å². The number of nitrogens with two attached hydrogens (primary N) is 1. The smallest absolute Gasteiger partial charge is 0.475 e. The Bertz CT molecular complexity index is 1760.